The second-order valence-corrected chi connectivity index (χ2v) is 6.96. The minimum absolute atomic E-state index is 0.0453. The number of carbonyl (C=O) groups excluding carboxylic acids is 1. The fraction of sp³-hybridized carbons (Fsp3) is 0.333. The number of imidazole rings is 1. The van der Waals surface area contributed by atoms with E-state index in [1.165, 1.54) is 0 Å². The summed E-state index contributed by atoms with van der Waals surface area (Å²) in [7, 11) is 0. The topological polar surface area (TPSA) is 50.1 Å². The van der Waals surface area contributed by atoms with Crippen molar-refractivity contribution in [2.24, 2.45) is 0 Å². The number of piperazine rings is 1. The van der Waals surface area contributed by atoms with Gasteiger partial charge in [-0.05, 0) is 36.8 Å². The zero-order valence-electron chi connectivity index (χ0n) is 15.5. The van der Waals surface area contributed by atoms with Crippen molar-refractivity contribution in [3.8, 4) is 5.75 Å². The Kier molecular flexibility index (Phi) is 5.07. The van der Waals surface area contributed by atoms with E-state index in [-0.39, 0.29) is 12.5 Å². The van der Waals surface area contributed by atoms with Crippen molar-refractivity contribution in [3.63, 3.8) is 0 Å². The zero-order valence-corrected chi connectivity index (χ0v) is 15.5. The van der Waals surface area contributed by atoms with Crippen molar-refractivity contribution < 1.29 is 9.53 Å². The highest BCUT2D eigenvalue weighted by molar-refractivity contribution is 5.77. The molecular weight excluding hydrogens is 340 g/mol. The number of nitrogens with zero attached hydrogens (tertiary/aromatic N) is 4. The Hall–Kier alpha value is -2.86. The van der Waals surface area contributed by atoms with Crippen LogP contribution in [0.4, 0.5) is 0 Å². The number of aromatic nitrogens is 2. The fourth-order valence-electron chi connectivity index (χ4n) is 3.39. The lowest BCUT2D eigenvalue weighted by atomic mass is 10.2. The van der Waals surface area contributed by atoms with Crippen LogP contribution in [0.15, 0.2) is 54.9 Å². The number of amides is 1. The SMILES string of the molecule is Cc1cccc(OCC(=O)N2CCN(Cc3cn4ccccc4n3)CC2)c1. The van der Waals surface area contributed by atoms with Crippen LogP contribution in [-0.4, -0.2) is 57.9 Å². The van der Waals surface area contributed by atoms with E-state index in [9.17, 15) is 4.79 Å². The van der Waals surface area contributed by atoms with Gasteiger partial charge in [-0.2, -0.15) is 0 Å². The number of rotatable bonds is 5. The standard InChI is InChI=1S/C21H24N4O2/c1-17-5-4-6-19(13-17)27-16-21(26)24-11-9-23(10-12-24)14-18-15-25-8-3-2-7-20(25)22-18/h2-8,13,15H,9-12,14,16H2,1H3. The number of ether oxygens (including phenoxy) is 1. The summed E-state index contributed by atoms with van der Waals surface area (Å²) in [5.74, 6) is 0.790. The molecule has 1 aliphatic rings. The average molecular weight is 364 g/mol. The molecule has 4 rings (SSSR count). The number of fused-ring (bicyclic) bond motifs is 1. The molecule has 2 aromatic heterocycles. The molecule has 6 nitrogen and oxygen atoms in total. The quantitative estimate of drug-likeness (QED) is 0.697. The first kappa shape index (κ1) is 17.5. The number of hydrogen-bond acceptors (Lipinski definition) is 4. The highest BCUT2D eigenvalue weighted by Crippen LogP contribution is 2.13. The maximum Gasteiger partial charge on any atom is 0.260 e. The summed E-state index contributed by atoms with van der Waals surface area (Å²) in [4.78, 5) is 21.3. The molecule has 27 heavy (non-hydrogen) atoms. The van der Waals surface area contributed by atoms with E-state index in [0.717, 1.165) is 55.4 Å². The van der Waals surface area contributed by atoms with Gasteiger partial charge in [0.1, 0.15) is 11.4 Å². The lowest BCUT2D eigenvalue weighted by Crippen LogP contribution is -2.49. The fourth-order valence-corrected chi connectivity index (χ4v) is 3.39. The number of benzene rings is 1. The molecule has 1 saturated heterocycles. The Bertz CT molecular complexity index is 896. The first-order valence-electron chi connectivity index (χ1n) is 9.29. The van der Waals surface area contributed by atoms with Gasteiger partial charge in [-0.25, -0.2) is 4.98 Å². The van der Waals surface area contributed by atoms with Crippen molar-refractivity contribution in [1.29, 1.82) is 0 Å². The van der Waals surface area contributed by atoms with E-state index in [4.69, 9.17) is 4.74 Å². The van der Waals surface area contributed by atoms with Crippen molar-refractivity contribution in [3.05, 3.63) is 66.1 Å². The summed E-state index contributed by atoms with van der Waals surface area (Å²) in [5, 5.41) is 0. The maximum absolute atomic E-state index is 12.4. The van der Waals surface area contributed by atoms with Crippen molar-refractivity contribution in [2.45, 2.75) is 13.5 Å². The highest BCUT2D eigenvalue weighted by atomic mass is 16.5. The Morgan fingerprint density at radius 3 is 2.74 bits per heavy atom. The number of hydrogen-bond donors (Lipinski definition) is 0. The second-order valence-electron chi connectivity index (χ2n) is 6.96. The molecule has 0 N–H and O–H groups in total. The summed E-state index contributed by atoms with van der Waals surface area (Å²) in [6.07, 6.45) is 4.08. The van der Waals surface area contributed by atoms with E-state index >= 15 is 0 Å². The first-order valence-corrected chi connectivity index (χ1v) is 9.29. The third-order valence-electron chi connectivity index (χ3n) is 4.88. The molecule has 0 aliphatic carbocycles. The molecule has 0 unspecified atom stereocenters. The number of carbonyl (C=O) groups is 1. The molecule has 140 valence electrons. The summed E-state index contributed by atoms with van der Waals surface area (Å²) in [6, 6.07) is 13.8. The largest absolute Gasteiger partial charge is 0.484 e. The van der Waals surface area contributed by atoms with E-state index in [0.29, 0.717) is 0 Å². The molecule has 6 heteroatoms. The molecule has 1 amide bonds. The van der Waals surface area contributed by atoms with Gasteiger partial charge < -0.3 is 14.0 Å². The second kappa shape index (κ2) is 7.80. The minimum atomic E-state index is 0.0453. The van der Waals surface area contributed by atoms with Crippen molar-refractivity contribution in [2.75, 3.05) is 32.8 Å². The van der Waals surface area contributed by atoms with Crippen LogP contribution in [-0.2, 0) is 11.3 Å². The van der Waals surface area contributed by atoms with Crippen molar-refractivity contribution in [1.82, 2.24) is 19.2 Å². The highest BCUT2D eigenvalue weighted by Gasteiger charge is 2.22. The van der Waals surface area contributed by atoms with Crippen LogP contribution in [0.5, 0.6) is 5.75 Å². The molecule has 0 radical (unpaired) electrons. The van der Waals surface area contributed by atoms with Crippen LogP contribution < -0.4 is 4.74 Å². The normalized spacial score (nSPS) is 15.2. The third kappa shape index (κ3) is 4.28. The van der Waals surface area contributed by atoms with Crippen molar-refractivity contribution >= 4 is 11.6 Å². The Morgan fingerprint density at radius 1 is 1.11 bits per heavy atom. The van der Waals surface area contributed by atoms with E-state index in [1.807, 2.05) is 64.9 Å². The first-order chi connectivity index (χ1) is 13.2. The molecule has 1 aromatic carbocycles. The van der Waals surface area contributed by atoms with Crippen LogP contribution in [0, 0.1) is 6.92 Å². The van der Waals surface area contributed by atoms with Gasteiger partial charge >= 0.3 is 0 Å². The van der Waals surface area contributed by atoms with Gasteiger partial charge in [0.25, 0.3) is 5.91 Å². The maximum atomic E-state index is 12.4. The van der Waals surface area contributed by atoms with Gasteiger partial charge in [0.15, 0.2) is 6.61 Å². The third-order valence-corrected chi connectivity index (χ3v) is 4.88. The van der Waals surface area contributed by atoms with Gasteiger partial charge in [-0.15, -0.1) is 0 Å². The molecule has 0 bridgehead atoms. The molecule has 1 fully saturated rings. The van der Waals surface area contributed by atoms with Crippen LogP contribution in [0.2, 0.25) is 0 Å². The molecule has 0 saturated carbocycles. The number of aryl methyl sites for hydroxylation is 1. The predicted octanol–water partition coefficient (Wildman–Crippen LogP) is 2.37. The molecule has 3 heterocycles. The zero-order chi connectivity index (χ0) is 18.6. The van der Waals surface area contributed by atoms with E-state index < -0.39 is 0 Å². The Balaban J connectivity index is 1.26. The summed E-state index contributed by atoms with van der Waals surface area (Å²) >= 11 is 0. The Labute approximate surface area is 159 Å². The smallest absolute Gasteiger partial charge is 0.260 e. The lowest BCUT2D eigenvalue weighted by molar-refractivity contribution is -0.135. The van der Waals surface area contributed by atoms with Crippen LogP contribution >= 0.6 is 0 Å². The minimum Gasteiger partial charge on any atom is -0.484 e. The van der Waals surface area contributed by atoms with Gasteiger partial charge in [-0.3, -0.25) is 9.69 Å². The van der Waals surface area contributed by atoms with E-state index in [2.05, 4.69) is 16.1 Å². The molecule has 0 spiro atoms. The van der Waals surface area contributed by atoms with Gasteiger partial charge in [-0.1, -0.05) is 18.2 Å². The van der Waals surface area contributed by atoms with Crippen LogP contribution in [0.1, 0.15) is 11.3 Å². The Morgan fingerprint density at radius 2 is 1.96 bits per heavy atom. The van der Waals surface area contributed by atoms with E-state index in [1.54, 1.807) is 0 Å². The summed E-state index contributed by atoms with van der Waals surface area (Å²) in [5.41, 5.74) is 3.15. The van der Waals surface area contributed by atoms with Gasteiger partial charge in [0.2, 0.25) is 0 Å². The predicted molar refractivity (Wildman–Crippen MR) is 104 cm³/mol. The molecule has 0 atom stereocenters. The summed E-state index contributed by atoms with van der Waals surface area (Å²) < 4.78 is 7.68. The van der Waals surface area contributed by atoms with Gasteiger partial charge in [0.05, 0.1) is 5.69 Å². The summed E-state index contributed by atoms with van der Waals surface area (Å²) in [6.45, 7) is 6.07. The molecular formula is C21H24N4O2. The van der Waals surface area contributed by atoms with Crippen LogP contribution in [0.3, 0.4) is 0 Å². The lowest BCUT2D eigenvalue weighted by Gasteiger charge is -2.34. The van der Waals surface area contributed by atoms with Crippen LogP contribution in [0.25, 0.3) is 5.65 Å². The molecule has 3 aromatic rings. The monoisotopic (exact) mass is 364 g/mol. The number of pyridine rings is 1. The molecule has 1 aliphatic heterocycles. The average Bonchev–Trinajstić information content (AvgIpc) is 3.09. The van der Waals surface area contributed by atoms with Gasteiger partial charge in [0, 0.05) is 45.1 Å².